The smallest absolute Gasteiger partial charge is 0.169 e. The van der Waals surface area contributed by atoms with Crippen molar-refractivity contribution in [2.75, 3.05) is 0 Å². The molecule has 92 valence electrons. The number of hydrogen-bond acceptors (Lipinski definition) is 2. The number of nitrogens with zero attached hydrogens (tertiary/aromatic N) is 2. The van der Waals surface area contributed by atoms with Gasteiger partial charge in [-0.25, -0.2) is 9.55 Å². The van der Waals surface area contributed by atoms with Crippen molar-refractivity contribution in [3.63, 3.8) is 0 Å². The van der Waals surface area contributed by atoms with E-state index in [1.165, 1.54) is 10.3 Å². The molecule has 18 heavy (non-hydrogen) atoms. The third kappa shape index (κ3) is 2.54. The largest absolute Gasteiger partial charge is 1.00 e. The number of rotatable bonds is 2. The predicted molar refractivity (Wildman–Crippen MR) is 70.9 cm³/mol. The monoisotopic (exact) mass is 368 g/mol. The normalized spacial score (nSPS) is 10.3. The zero-order chi connectivity index (χ0) is 11.7. The molecule has 0 fully saturated rings. The minimum atomic E-state index is 0. The van der Waals surface area contributed by atoms with Crippen LogP contribution >= 0.6 is 11.3 Å². The van der Waals surface area contributed by atoms with Crippen molar-refractivity contribution in [3.8, 4) is 10.6 Å². The van der Waals surface area contributed by atoms with E-state index < -0.39 is 0 Å². The molecule has 2 heterocycles. The summed E-state index contributed by atoms with van der Waals surface area (Å²) in [4.78, 5) is 4.65. The predicted octanol–water partition coefficient (Wildman–Crippen LogP) is 0.275. The van der Waals surface area contributed by atoms with Crippen molar-refractivity contribution in [2.45, 2.75) is 13.5 Å². The summed E-state index contributed by atoms with van der Waals surface area (Å²) in [6.07, 6.45) is 4.20. The number of para-hydroxylation sites is 1. The highest BCUT2D eigenvalue weighted by molar-refractivity contribution is 7.21. The van der Waals surface area contributed by atoms with Gasteiger partial charge in [-0.3, -0.25) is 0 Å². The fraction of sp³-hybridized carbons (Fsp3) is 0.143. The maximum Gasteiger partial charge on any atom is 0.169 e. The Morgan fingerprint density at radius 3 is 2.50 bits per heavy atom. The molecule has 3 rings (SSSR count). The Bertz CT molecular complexity index is 613. The first-order chi connectivity index (χ1) is 8.36. The molecule has 3 aromatic rings. The van der Waals surface area contributed by atoms with Crippen LogP contribution in [0, 0.1) is 0 Å². The maximum absolute atomic E-state index is 4.65. The van der Waals surface area contributed by atoms with Crippen molar-refractivity contribution in [1.82, 2.24) is 4.98 Å². The van der Waals surface area contributed by atoms with Gasteiger partial charge in [0.2, 0.25) is 0 Å². The van der Waals surface area contributed by atoms with Crippen LogP contribution in [0.15, 0.2) is 48.8 Å². The molecule has 0 saturated carbocycles. The lowest BCUT2D eigenvalue weighted by molar-refractivity contribution is -0.693. The van der Waals surface area contributed by atoms with E-state index in [4.69, 9.17) is 0 Å². The fourth-order valence-corrected chi connectivity index (χ4v) is 2.78. The molecule has 1 aromatic carbocycles. The summed E-state index contributed by atoms with van der Waals surface area (Å²) in [7, 11) is 0. The highest BCUT2D eigenvalue weighted by Gasteiger charge is 2.06. The number of thiazole rings is 1. The molecule has 0 atom stereocenters. The molecule has 0 spiro atoms. The summed E-state index contributed by atoms with van der Waals surface area (Å²) >= 11 is 1.74. The van der Waals surface area contributed by atoms with Gasteiger partial charge in [-0.1, -0.05) is 12.1 Å². The SMILES string of the molecule is CC[n+]1ccc(-c2nc3ccccc3s2)cc1.[I-]. The number of aryl methyl sites for hydroxylation is 1. The van der Waals surface area contributed by atoms with E-state index >= 15 is 0 Å². The maximum atomic E-state index is 4.65. The lowest BCUT2D eigenvalue weighted by Gasteiger charge is -1.94. The summed E-state index contributed by atoms with van der Waals surface area (Å²) in [5, 5.41) is 1.09. The molecule has 2 nitrogen and oxygen atoms in total. The van der Waals surface area contributed by atoms with E-state index in [1.807, 2.05) is 6.07 Å². The van der Waals surface area contributed by atoms with Gasteiger partial charge in [0.25, 0.3) is 0 Å². The van der Waals surface area contributed by atoms with Gasteiger partial charge in [-0.05, 0) is 19.1 Å². The Hall–Kier alpha value is -1.01. The van der Waals surface area contributed by atoms with Gasteiger partial charge in [0.15, 0.2) is 12.4 Å². The summed E-state index contributed by atoms with van der Waals surface area (Å²) < 4.78 is 3.39. The second-order valence-electron chi connectivity index (χ2n) is 3.90. The molecule has 0 unspecified atom stereocenters. The van der Waals surface area contributed by atoms with Crippen LogP contribution in [0.1, 0.15) is 6.92 Å². The second kappa shape index (κ2) is 5.75. The highest BCUT2D eigenvalue weighted by atomic mass is 127. The van der Waals surface area contributed by atoms with E-state index in [0.29, 0.717) is 0 Å². The quantitative estimate of drug-likeness (QED) is 0.469. The first-order valence-corrected chi connectivity index (χ1v) is 6.53. The Morgan fingerprint density at radius 1 is 1.11 bits per heavy atom. The van der Waals surface area contributed by atoms with Crippen LogP contribution in [0.5, 0.6) is 0 Å². The summed E-state index contributed by atoms with van der Waals surface area (Å²) in [6.45, 7) is 3.14. The average molecular weight is 368 g/mol. The van der Waals surface area contributed by atoms with Crippen LogP contribution in [0.2, 0.25) is 0 Å². The van der Waals surface area contributed by atoms with Gasteiger partial charge in [-0.15, -0.1) is 11.3 Å². The Labute approximate surface area is 127 Å². The lowest BCUT2D eigenvalue weighted by atomic mass is 10.3. The third-order valence-corrected chi connectivity index (χ3v) is 3.88. The van der Waals surface area contributed by atoms with Gasteiger partial charge in [0.05, 0.1) is 10.2 Å². The van der Waals surface area contributed by atoms with Crippen molar-refractivity contribution < 1.29 is 28.5 Å². The first kappa shape index (κ1) is 13.4. The van der Waals surface area contributed by atoms with Crippen molar-refractivity contribution >= 4 is 21.6 Å². The molecule has 0 radical (unpaired) electrons. The van der Waals surface area contributed by atoms with E-state index in [-0.39, 0.29) is 24.0 Å². The molecule has 0 aliphatic rings. The zero-order valence-corrected chi connectivity index (χ0v) is 13.0. The number of benzene rings is 1. The minimum absolute atomic E-state index is 0. The van der Waals surface area contributed by atoms with Crippen LogP contribution in [-0.2, 0) is 6.54 Å². The van der Waals surface area contributed by atoms with Crippen LogP contribution in [0.25, 0.3) is 20.8 Å². The minimum Gasteiger partial charge on any atom is -1.00 e. The number of hydrogen-bond donors (Lipinski definition) is 0. The molecular weight excluding hydrogens is 355 g/mol. The standard InChI is InChI=1S/C14H13N2S.HI/c1-2-16-9-7-11(8-10-16)14-15-12-5-3-4-6-13(12)17-14;/h3-10H,2H2,1H3;1H/q+1;/p-1. The van der Waals surface area contributed by atoms with E-state index in [2.05, 4.69) is 59.2 Å². The summed E-state index contributed by atoms with van der Waals surface area (Å²) in [5.41, 5.74) is 2.27. The molecular formula is C14H13IN2S. The number of pyridine rings is 1. The molecule has 2 aromatic heterocycles. The number of aromatic nitrogens is 2. The molecule has 0 aliphatic heterocycles. The van der Waals surface area contributed by atoms with E-state index in [1.54, 1.807) is 11.3 Å². The van der Waals surface area contributed by atoms with Gasteiger partial charge >= 0.3 is 0 Å². The molecule has 0 amide bonds. The lowest BCUT2D eigenvalue weighted by Crippen LogP contribution is -3.00. The molecule has 4 heteroatoms. The Kier molecular flexibility index (Phi) is 4.29. The van der Waals surface area contributed by atoms with Gasteiger partial charge in [-0.2, -0.15) is 0 Å². The highest BCUT2D eigenvalue weighted by Crippen LogP contribution is 2.29. The van der Waals surface area contributed by atoms with E-state index in [0.717, 1.165) is 17.1 Å². The van der Waals surface area contributed by atoms with Gasteiger partial charge in [0.1, 0.15) is 11.6 Å². The Morgan fingerprint density at radius 2 is 1.83 bits per heavy atom. The van der Waals surface area contributed by atoms with Gasteiger partial charge < -0.3 is 24.0 Å². The van der Waals surface area contributed by atoms with Crippen molar-refractivity contribution in [1.29, 1.82) is 0 Å². The van der Waals surface area contributed by atoms with Gasteiger partial charge in [0, 0.05) is 17.7 Å². The average Bonchev–Trinajstić information content (AvgIpc) is 2.82. The van der Waals surface area contributed by atoms with Crippen LogP contribution in [-0.4, -0.2) is 4.98 Å². The summed E-state index contributed by atoms with van der Waals surface area (Å²) in [5.74, 6) is 0. The second-order valence-corrected chi connectivity index (χ2v) is 4.93. The third-order valence-electron chi connectivity index (χ3n) is 2.80. The topological polar surface area (TPSA) is 16.8 Å². The zero-order valence-electron chi connectivity index (χ0n) is 10.0. The molecule has 0 saturated heterocycles. The van der Waals surface area contributed by atoms with Crippen molar-refractivity contribution in [2.24, 2.45) is 0 Å². The van der Waals surface area contributed by atoms with Crippen LogP contribution < -0.4 is 28.5 Å². The first-order valence-electron chi connectivity index (χ1n) is 5.72. The number of fused-ring (bicyclic) bond motifs is 1. The molecule has 0 N–H and O–H groups in total. The van der Waals surface area contributed by atoms with Crippen LogP contribution in [0.4, 0.5) is 0 Å². The van der Waals surface area contributed by atoms with Crippen LogP contribution in [0.3, 0.4) is 0 Å². The van der Waals surface area contributed by atoms with Crippen molar-refractivity contribution in [3.05, 3.63) is 48.8 Å². The molecule has 0 bridgehead atoms. The number of halogens is 1. The summed E-state index contributed by atoms with van der Waals surface area (Å²) in [6, 6.07) is 12.5. The van der Waals surface area contributed by atoms with E-state index in [9.17, 15) is 0 Å². The molecule has 0 aliphatic carbocycles. The fourth-order valence-electron chi connectivity index (χ4n) is 1.81. The Balaban J connectivity index is 0.00000120.